The maximum Gasteiger partial charge on any atom is 0.192 e. The lowest BCUT2D eigenvalue weighted by Gasteiger charge is -2.42. The highest BCUT2D eigenvalue weighted by molar-refractivity contribution is 7.77. The fourth-order valence-electron chi connectivity index (χ4n) is 3.84. The van der Waals surface area contributed by atoms with Crippen molar-refractivity contribution in [3.05, 3.63) is 23.8 Å². The Morgan fingerprint density at radius 1 is 1.00 bits per heavy atom. The molecule has 2 aliphatic rings. The topological polar surface area (TPSA) is 35.5 Å². The Hall–Kier alpha value is -1.08. The number of carbonyl (C=O) groups is 1. The van der Waals surface area contributed by atoms with Gasteiger partial charge in [-0.1, -0.05) is 18.9 Å². The van der Waals surface area contributed by atoms with Gasteiger partial charge in [0, 0.05) is 0 Å². The third kappa shape index (κ3) is 2.68. The molecule has 0 aliphatic carbocycles. The van der Waals surface area contributed by atoms with Gasteiger partial charge in [-0.05, 0) is 57.1 Å². The van der Waals surface area contributed by atoms with E-state index >= 15 is 0 Å². The Morgan fingerprint density at radius 3 is 1.90 bits per heavy atom. The van der Waals surface area contributed by atoms with Crippen LogP contribution in [0.2, 0.25) is 0 Å². The van der Waals surface area contributed by atoms with E-state index in [-0.39, 0.29) is 0 Å². The van der Waals surface area contributed by atoms with E-state index < -0.39 is 7.92 Å². The molecule has 0 atom stereocenters. The van der Waals surface area contributed by atoms with Gasteiger partial charge in [-0.25, -0.2) is 0 Å². The van der Waals surface area contributed by atoms with E-state index in [0.717, 1.165) is 0 Å². The summed E-state index contributed by atoms with van der Waals surface area (Å²) in [6.07, 6.45) is 7.50. The summed E-state index contributed by atoms with van der Waals surface area (Å²) in [5, 5.41) is 0. The summed E-state index contributed by atoms with van der Waals surface area (Å²) in [6, 6.07) is 5.61. The van der Waals surface area contributed by atoms with Crippen LogP contribution in [0.1, 0.15) is 48.9 Å². The Balaban J connectivity index is 1.98. The molecule has 1 aromatic rings. The monoisotopic (exact) mass is 306 g/mol. The second kappa shape index (κ2) is 6.36. The summed E-state index contributed by atoms with van der Waals surface area (Å²) in [6.45, 7) is 0. The highest BCUT2D eigenvalue weighted by Crippen LogP contribution is 2.62. The van der Waals surface area contributed by atoms with Crippen LogP contribution in [-0.2, 0) is 0 Å². The molecule has 2 aliphatic heterocycles. The molecule has 0 unspecified atom stereocenters. The van der Waals surface area contributed by atoms with Crippen molar-refractivity contribution in [1.82, 2.24) is 0 Å². The standard InChI is InChI=1S/C17H23O3P/c1-19-14-10-5-11-15(20-2)16(14)17(18)21-12-6-3-7-13(21)9-4-8-12/h5,10-13H,3-4,6-9H2,1-2H3. The highest BCUT2D eigenvalue weighted by Gasteiger charge is 2.42. The molecule has 1 aromatic carbocycles. The second-order valence-corrected chi connectivity index (χ2v) is 8.60. The number of carbonyl (C=O) groups excluding carboxylic acids is 1. The van der Waals surface area contributed by atoms with Crippen molar-refractivity contribution < 1.29 is 14.3 Å². The minimum atomic E-state index is -0.590. The molecule has 2 saturated heterocycles. The summed E-state index contributed by atoms with van der Waals surface area (Å²) in [7, 11) is 2.66. The zero-order chi connectivity index (χ0) is 14.8. The first-order chi connectivity index (χ1) is 10.3. The van der Waals surface area contributed by atoms with Gasteiger partial charge in [0.1, 0.15) is 17.1 Å². The van der Waals surface area contributed by atoms with Crippen molar-refractivity contribution in [3.63, 3.8) is 0 Å². The van der Waals surface area contributed by atoms with Crippen LogP contribution in [0.15, 0.2) is 18.2 Å². The van der Waals surface area contributed by atoms with Gasteiger partial charge in [0.2, 0.25) is 0 Å². The molecule has 3 rings (SSSR count). The molecule has 2 bridgehead atoms. The summed E-state index contributed by atoms with van der Waals surface area (Å²) < 4.78 is 10.9. The largest absolute Gasteiger partial charge is 0.496 e. The second-order valence-electron chi connectivity index (χ2n) is 5.92. The first kappa shape index (κ1) is 14.8. The predicted octanol–water partition coefficient (Wildman–Crippen LogP) is 4.43. The maximum atomic E-state index is 13.2. The van der Waals surface area contributed by atoms with Crippen LogP contribution in [0.25, 0.3) is 0 Å². The van der Waals surface area contributed by atoms with Gasteiger partial charge in [0.05, 0.1) is 14.2 Å². The van der Waals surface area contributed by atoms with Crippen molar-refractivity contribution in [1.29, 1.82) is 0 Å². The number of fused-ring (bicyclic) bond motifs is 2. The first-order valence-electron chi connectivity index (χ1n) is 7.80. The van der Waals surface area contributed by atoms with Crippen molar-refractivity contribution >= 4 is 13.4 Å². The molecule has 21 heavy (non-hydrogen) atoms. The fraction of sp³-hybridized carbons (Fsp3) is 0.588. The van der Waals surface area contributed by atoms with Crippen LogP contribution in [-0.4, -0.2) is 31.1 Å². The van der Waals surface area contributed by atoms with Crippen molar-refractivity contribution in [2.75, 3.05) is 14.2 Å². The van der Waals surface area contributed by atoms with Crippen LogP contribution in [0.5, 0.6) is 11.5 Å². The van der Waals surface area contributed by atoms with E-state index in [1.54, 1.807) is 14.2 Å². The number of rotatable bonds is 4. The summed E-state index contributed by atoms with van der Waals surface area (Å²) >= 11 is 0. The summed E-state index contributed by atoms with van der Waals surface area (Å²) in [5.41, 5.74) is 2.21. The third-order valence-corrected chi connectivity index (χ3v) is 8.11. The van der Waals surface area contributed by atoms with Gasteiger partial charge in [-0.3, -0.25) is 4.79 Å². The molecule has 2 fully saturated rings. The molecule has 0 N–H and O–H groups in total. The van der Waals surface area contributed by atoms with Gasteiger partial charge in [0.25, 0.3) is 0 Å². The predicted molar refractivity (Wildman–Crippen MR) is 86.1 cm³/mol. The minimum Gasteiger partial charge on any atom is -0.496 e. The quantitative estimate of drug-likeness (QED) is 0.772. The van der Waals surface area contributed by atoms with Gasteiger partial charge >= 0.3 is 0 Å². The Labute approximate surface area is 127 Å². The molecular formula is C17H23O3P. The zero-order valence-electron chi connectivity index (χ0n) is 12.8. The average Bonchev–Trinajstić information content (AvgIpc) is 2.52. The fourth-order valence-corrected chi connectivity index (χ4v) is 7.43. The summed E-state index contributed by atoms with van der Waals surface area (Å²) in [5.74, 6) is 1.32. The number of benzene rings is 1. The molecule has 0 aromatic heterocycles. The van der Waals surface area contributed by atoms with Gasteiger partial charge in [-0.2, -0.15) is 0 Å². The van der Waals surface area contributed by atoms with Crippen LogP contribution in [0.3, 0.4) is 0 Å². The molecule has 114 valence electrons. The number of hydrogen-bond acceptors (Lipinski definition) is 3. The van der Waals surface area contributed by atoms with Gasteiger partial charge < -0.3 is 9.47 Å². The highest BCUT2D eigenvalue weighted by atomic mass is 31.1. The normalized spacial score (nSPS) is 28.0. The molecule has 4 heteroatoms. The SMILES string of the molecule is COc1cccc(OC)c1C(=O)P1C2CCCC1CCC2. The Kier molecular flexibility index (Phi) is 4.49. The molecule has 0 amide bonds. The van der Waals surface area contributed by atoms with E-state index in [1.165, 1.54) is 38.5 Å². The lowest BCUT2D eigenvalue weighted by atomic mass is 9.99. The molecule has 0 spiro atoms. The lowest BCUT2D eigenvalue weighted by Crippen LogP contribution is -2.29. The Morgan fingerprint density at radius 2 is 1.48 bits per heavy atom. The molecule has 0 saturated carbocycles. The lowest BCUT2D eigenvalue weighted by molar-refractivity contribution is 0.107. The molecular weight excluding hydrogens is 283 g/mol. The number of hydrogen-bond donors (Lipinski definition) is 0. The number of methoxy groups -OCH3 is 2. The van der Waals surface area contributed by atoms with Gasteiger partial charge in [0.15, 0.2) is 5.52 Å². The third-order valence-electron chi connectivity index (χ3n) is 4.81. The van der Waals surface area contributed by atoms with Gasteiger partial charge in [-0.15, -0.1) is 0 Å². The van der Waals surface area contributed by atoms with E-state index in [0.29, 0.717) is 33.9 Å². The first-order valence-corrected chi connectivity index (χ1v) is 9.28. The smallest absolute Gasteiger partial charge is 0.192 e. The number of ether oxygens (including phenoxy) is 2. The van der Waals surface area contributed by atoms with Crippen LogP contribution < -0.4 is 9.47 Å². The average molecular weight is 306 g/mol. The van der Waals surface area contributed by atoms with Crippen molar-refractivity contribution in [2.24, 2.45) is 0 Å². The van der Waals surface area contributed by atoms with E-state index in [1.807, 2.05) is 18.2 Å². The van der Waals surface area contributed by atoms with Crippen LogP contribution in [0, 0.1) is 0 Å². The van der Waals surface area contributed by atoms with E-state index in [2.05, 4.69) is 0 Å². The van der Waals surface area contributed by atoms with Crippen molar-refractivity contribution in [2.45, 2.75) is 49.8 Å². The van der Waals surface area contributed by atoms with Crippen LogP contribution >= 0.6 is 7.92 Å². The molecule has 2 heterocycles. The molecule has 3 nitrogen and oxygen atoms in total. The van der Waals surface area contributed by atoms with E-state index in [9.17, 15) is 4.79 Å². The van der Waals surface area contributed by atoms with E-state index in [4.69, 9.17) is 9.47 Å². The zero-order valence-corrected chi connectivity index (χ0v) is 13.7. The van der Waals surface area contributed by atoms with Crippen molar-refractivity contribution in [3.8, 4) is 11.5 Å². The maximum absolute atomic E-state index is 13.2. The summed E-state index contributed by atoms with van der Waals surface area (Å²) in [4.78, 5) is 13.2. The minimum absolute atomic E-state index is 0.300. The Bertz CT molecular complexity index is 485. The van der Waals surface area contributed by atoms with Crippen LogP contribution in [0.4, 0.5) is 0 Å². The molecule has 0 radical (unpaired) electrons.